The van der Waals surface area contributed by atoms with Gasteiger partial charge in [-0.05, 0) is 44.0 Å². The molecule has 0 aliphatic heterocycles. The van der Waals surface area contributed by atoms with Crippen molar-refractivity contribution in [1.82, 2.24) is 9.97 Å². The molecule has 0 atom stereocenters. The van der Waals surface area contributed by atoms with Crippen molar-refractivity contribution in [2.45, 2.75) is 25.8 Å². The maximum Gasteiger partial charge on any atom is 0.354 e. The number of nitrogens with one attached hydrogen (secondary N) is 1. The first kappa shape index (κ1) is 14.3. The van der Waals surface area contributed by atoms with Gasteiger partial charge in [0, 0.05) is 17.7 Å². The molecular weight excluding hydrogens is 282 g/mol. The fraction of sp³-hybridized carbons (Fsp3) is 0.312. The van der Waals surface area contributed by atoms with Crippen molar-refractivity contribution in [3.05, 3.63) is 36.0 Å². The number of carboxylic acids is 1. The molecule has 0 spiro atoms. The third-order valence-corrected chi connectivity index (χ3v) is 3.30. The summed E-state index contributed by atoms with van der Waals surface area (Å²) in [7, 11) is 0. The van der Waals surface area contributed by atoms with Crippen LogP contribution in [0, 0.1) is 0 Å². The molecule has 1 heterocycles. The fourth-order valence-electron chi connectivity index (χ4n) is 2.06. The van der Waals surface area contributed by atoms with Crippen molar-refractivity contribution in [3.8, 4) is 17.1 Å². The molecule has 0 unspecified atom stereocenters. The van der Waals surface area contributed by atoms with Gasteiger partial charge < -0.3 is 15.2 Å². The topological polar surface area (TPSA) is 84.3 Å². The summed E-state index contributed by atoms with van der Waals surface area (Å²) in [6.07, 6.45) is 2.18. The van der Waals surface area contributed by atoms with E-state index >= 15 is 0 Å². The smallest absolute Gasteiger partial charge is 0.354 e. The minimum absolute atomic E-state index is 0.0120. The van der Waals surface area contributed by atoms with Crippen LogP contribution >= 0.6 is 0 Å². The number of benzene rings is 1. The van der Waals surface area contributed by atoms with Crippen molar-refractivity contribution in [2.75, 3.05) is 11.9 Å². The highest BCUT2D eigenvalue weighted by Crippen LogP contribution is 2.26. The van der Waals surface area contributed by atoms with E-state index in [0.717, 1.165) is 24.2 Å². The zero-order chi connectivity index (χ0) is 15.5. The van der Waals surface area contributed by atoms with Crippen LogP contribution in [0.5, 0.6) is 5.75 Å². The molecule has 22 heavy (non-hydrogen) atoms. The third kappa shape index (κ3) is 3.33. The number of carbonyl (C=O) groups is 1. The molecule has 0 amide bonds. The second-order valence-electron chi connectivity index (χ2n) is 5.14. The van der Waals surface area contributed by atoms with Crippen molar-refractivity contribution in [3.63, 3.8) is 0 Å². The highest BCUT2D eigenvalue weighted by molar-refractivity contribution is 5.87. The summed E-state index contributed by atoms with van der Waals surface area (Å²) in [5, 5.41) is 12.4. The maximum atomic E-state index is 11.2. The molecular formula is C16H17N3O3. The van der Waals surface area contributed by atoms with Gasteiger partial charge in [-0.1, -0.05) is 0 Å². The number of ether oxygens (including phenoxy) is 1. The molecule has 6 heteroatoms. The molecule has 1 fully saturated rings. The van der Waals surface area contributed by atoms with E-state index in [2.05, 4.69) is 15.3 Å². The van der Waals surface area contributed by atoms with Crippen LogP contribution in [0.15, 0.2) is 30.3 Å². The predicted molar refractivity (Wildman–Crippen MR) is 82.2 cm³/mol. The first-order valence-corrected chi connectivity index (χ1v) is 7.28. The first-order chi connectivity index (χ1) is 10.7. The SMILES string of the molecule is CCOc1ccc(-c2nc(NC3CC3)cc(C(=O)O)n2)cc1. The average molecular weight is 299 g/mol. The van der Waals surface area contributed by atoms with Gasteiger partial charge in [0.25, 0.3) is 0 Å². The van der Waals surface area contributed by atoms with Crippen molar-refractivity contribution in [2.24, 2.45) is 0 Å². The summed E-state index contributed by atoms with van der Waals surface area (Å²) in [5.74, 6) is 0.648. The second-order valence-corrected chi connectivity index (χ2v) is 5.14. The third-order valence-electron chi connectivity index (χ3n) is 3.30. The van der Waals surface area contributed by atoms with Crippen LogP contribution in [0.4, 0.5) is 5.82 Å². The number of aromatic nitrogens is 2. The van der Waals surface area contributed by atoms with E-state index in [1.165, 1.54) is 6.07 Å². The molecule has 0 saturated heterocycles. The number of rotatable bonds is 6. The van der Waals surface area contributed by atoms with Gasteiger partial charge in [-0.2, -0.15) is 0 Å². The van der Waals surface area contributed by atoms with Gasteiger partial charge in [0.05, 0.1) is 6.61 Å². The number of nitrogens with zero attached hydrogens (tertiary/aromatic N) is 2. The molecule has 2 aromatic rings. The van der Waals surface area contributed by atoms with Crippen LogP contribution in [0.2, 0.25) is 0 Å². The molecule has 1 aromatic heterocycles. The fourth-order valence-corrected chi connectivity index (χ4v) is 2.06. The minimum atomic E-state index is -1.06. The van der Waals surface area contributed by atoms with E-state index in [4.69, 9.17) is 4.74 Å². The summed E-state index contributed by atoms with van der Waals surface area (Å²) in [6, 6.07) is 9.16. The Labute approximate surface area is 128 Å². The Morgan fingerprint density at radius 2 is 2.05 bits per heavy atom. The van der Waals surface area contributed by atoms with Gasteiger partial charge in [-0.25, -0.2) is 14.8 Å². The van der Waals surface area contributed by atoms with Crippen molar-refractivity contribution in [1.29, 1.82) is 0 Å². The van der Waals surface area contributed by atoms with Gasteiger partial charge in [-0.3, -0.25) is 0 Å². The van der Waals surface area contributed by atoms with E-state index in [0.29, 0.717) is 24.3 Å². The number of carboxylic acid groups (broad SMARTS) is 1. The molecule has 3 rings (SSSR count). The lowest BCUT2D eigenvalue weighted by Gasteiger charge is -2.08. The normalized spacial score (nSPS) is 13.7. The highest BCUT2D eigenvalue weighted by atomic mass is 16.5. The number of hydrogen-bond donors (Lipinski definition) is 2. The van der Waals surface area contributed by atoms with Crippen LogP contribution in [0.3, 0.4) is 0 Å². The molecule has 1 aromatic carbocycles. The van der Waals surface area contributed by atoms with Crippen LogP contribution in [0.1, 0.15) is 30.3 Å². The number of aromatic carboxylic acids is 1. The van der Waals surface area contributed by atoms with Crippen molar-refractivity contribution < 1.29 is 14.6 Å². The Bertz CT molecular complexity index is 682. The lowest BCUT2D eigenvalue weighted by atomic mass is 10.2. The van der Waals surface area contributed by atoms with E-state index in [1.807, 2.05) is 31.2 Å². The molecule has 1 aliphatic carbocycles. The second kappa shape index (κ2) is 6.01. The van der Waals surface area contributed by atoms with Crippen molar-refractivity contribution >= 4 is 11.8 Å². The summed E-state index contributed by atoms with van der Waals surface area (Å²) < 4.78 is 5.40. The van der Waals surface area contributed by atoms with E-state index in [-0.39, 0.29) is 5.69 Å². The summed E-state index contributed by atoms with van der Waals surface area (Å²) in [6.45, 7) is 2.52. The van der Waals surface area contributed by atoms with E-state index in [1.54, 1.807) is 0 Å². The molecule has 114 valence electrons. The number of hydrogen-bond acceptors (Lipinski definition) is 5. The first-order valence-electron chi connectivity index (χ1n) is 7.28. The van der Waals surface area contributed by atoms with E-state index < -0.39 is 5.97 Å². The van der Waals surface area contributed by atoms with Gasteiger partial charge in [0.2, 0.25) is 0 Å². The molecule has 2 N–H and O–H groups in total. The van der Waals surface area contributed by atoms with Gasteiger partial charge >= 0.3 is 5.97 Å². The Hall–Kier alpha value is -2.63. The van der Waals surface area contributed by atoms with Gasteiger partial charge in [-0.15, -0.1) is 0 Å². The highest BCUT2D eigenvalue weighted by Gasteiger charge is 2.22. The zero-order valence-electron chi connectivity index (χ0n) is 12.2. The Kier molecular flexibility index (Phi) is 3.91. The van der Waals surface area contributed by atoms with Crippen LogP contribution in [-0.4, -0.2) is 33.7 Å². The standard InChI is InChI=1S/C16H17N3O3/c1-2-22-12-7-3-10(4-8-12)15-18-13(16(20)21)9-14(19-15)17-11-5-6-11/h3-4,7-9,11H,2,5-6H2,1H3,(H,20,21)(H,17,18,19). The largest absolute Gasteiger partial charge is 0.494 e. The molecule has 1 saturated carbocycles. The summed E-state index contributed by atoms with van der Waals surface area (Å²) in [5.41, 5.74) is 0.743. The minimum Gasteiger partial charge on any atom is -0.494 e. The molecule has 1 aliphatic rings. The number of anilines is 1. The van der Waals surface area contributed by atoms with Crippen LogP contribution in [-0.2, 0) is 0 Å². The summed E-state index contributed by atoms with van der Waals surface area (Å²) in [4.78, 5) is 19.8. The van der Waals surface area contributed by atoms with Gasteiger partial charge in [0.1, 0.15) is 11.6 Å². The quantitative estimate of drug-likeness (QED) is 0.853. The molecule has 0 radical (unpaired) electrons. The van der Waals surface area contributed by atoms with Crippen LogP contribution in [0.25, 0.3) is 11.4 Å². The Morgan fingerprint density at radius 3 is 2.64 bits per heavy atom. The van der Waals surface area contributed by atoms with Crippen LogP contribution < -0.4 is 10.1 Å². The lowest BCUT2D eigenvalue weighted by molar-refractivity contribution is 0.0690. The summed E-state index contributed by atoms with van der Waals surface area (Å²) >= 11 is 0. The Morgan fingerprint density at radius 1 is 1.32 bits per heavy atom. The zero-order valence-corrected chi connectivity index (χ0v) is 12.2. The average Bonchev–Trinajstić information content (AvgIpc) is 3.32. The monoisotopic (exact) mass is 299 g/mol. The molecule has 6 nitrogen and oxygen atoms in total. The predicted octanol–water partition coefficient (Wildman–Crippen LogP) is 2.81. The van der Waals surface area contributed by atoms with Gasteiger partial charge in [0.15, 0.2) is 11.5 Å². The maximum absolute atomic E-state index is 11.2. The van der Waals surface area contributed by atoms with E-state index in [9.17, 15) is 9.90 Å². The lowest BCUT2D eigenvalue weighted by Crippen LogP contribution is -2.09. The Balaban J connectivity index is 1.93. The molecule has 0 bridgehead atoms.